The molecule has 0 saturated carbocycles. The van der Waals surface area contributed by atoms with Gasteiger partial charge in [0.15, 0.2) is 5.17 Å². The third-order valence-corrected chi connectivity index (χ3v) is 7.39. The van der Waals surface area contributed by atoms with Crippen LogP contribution in [0.1, 0.15) is 44.7 Å². The Kier molecular flexibility index (Phi) is 6.91. The second-order valence-corrected chi connectivity index (χ2v) is 10.2. The highest BCUT2D eigenvalue weighted by atomic mass is 35.5. The number of amides is 2. The lowest BCUT2D eigenvalue weighted by Crippen LogP contribution is -2.45. The molecular formula is C25H27ClN4O2S. The predicted octanol–water partition coefficient (Wildman–Crippen LogP) is 5.80. The maximum atomic E-state index is 13.1. The van der Waals surface area contributed by atoms with Crippen molar-refractivity contribution in [1.82, 2.24) is 4.90 Å². The number of hydrogen-bond donors (Lipinski definition) is 1. The lowest BCUT2D eigenvalue weighted by atomic mass is 10.0. The van der Waals surface area contributed by atoms with Crippen LogP contribution in [0.4, 0.5) is 11.4 Å². The molecule has 0 aliphatic carbocycles. The summed E-state index contributed by atoms with van der Waals surface area (Å²) in [5.41, 5.74) is 3.21. The highest BCUT2D eigenvalue weighted by Gasteiger charge is 2.42. The fourth-order valence-corrected chi connectivity index (χ4v) is 5.15. The van der Waals surface area contributed by atoms with Gasteiger partial charge in [-0.2, -0.15) is 4.99 Å². The molecule has 0 fully saturated rings. The molecule has 0 radical (unpaired) electrons. The molecule has 8 heteroatoms. The number of hydrogen-bond acceptors (Lipinski definition) is 5. The van der Waals surface area contributed by atoms with Crippen molar-refractivity contribution in [1.29, 1.82) is 0 Å². The van der Waals surface area contributed by atoms with Crippen LogP contribution in [0.25, 0.3) is 0 Å². The number of halogens is 1. The first-order valence-corrected chi connectivity index (χ1v) is 12.4. The Hall–Kier alpha value is -2.64. The van der Waals surface area contributed by atoms with E-state index in [1.165, 1.54) is 11.8 Å². The fraction of sp³-hybridized carbons (Fsp3) is 0.360. The molecule has 2 aliphatic heterocycles. The van der Waals surface area contributed by atoms with Gasteiger partial charge in [-0.25, -0.2) is 4.99 Å². The maximum Gasteiger partial charge on any atom is 0.270 e. The normalized spacial score (nSPS) is 17.9. The first-order chi connectivity index (χ1) is 15.8. The molecule has 2 heterocycles. The molecule has 4 rings (SSSR count). The molecule has 0 spiro atoms. The van der Waals surface area contributed by atoms with Gasteiger partial charge in [0, 0.05) is 16.3 Å². The van der Waals surface area contributed by atoms with Gasteiger partial charge >= 0.3 is 0 Å². The molecule has 6 nitrogen and oxygen atoms in total. The summed E-state index contributed by atoms with van der Waals surface area (Å²) in [5, 5.41) is 3.81. The van der Waals surface area contributed by atoms with Gasteiger partial charge in [-0.05, 0) is 55.5 Å². The lowest BCUT2D eigenvalue weighted by Gasteiger charge is -2.33. The number of carbonyl (C=O) groups excluding carboxylic acids is 2. The standard InChI is InChI=1S/C25H27ClN4O2S/c1-5-21(24(32)27-16-11-10-15(4)18(26)13-16)33-25-28-19-9-7-6-8-17(19)22-29-23(31)20(30(22)25)12-14(2)3/h6-11,13-14,20-21H,5,12H2,1-4H3,(H,27,32). The Morgan fingerprint density at radius 1 is 1.21 bits per heavy atom. The van der Waals surface area contributed by atoms with E-state index in [4.69, 9.17) is 16.6 Å². The van der Waals surface area contributed by atoms with Crippen molar-refractivity contribution in [3.8, 4) is 0 Å². The van der Waals surface area contributed by atoms with Gasteiger partial charge in [0.25, 0.3) is 5.91 Å². The molecule has 2 amide bonds. The zero-order valence-electron chi connectivity index (χ0n) is 19.1. The van der Waals surface area contributed by atoms with E-state index >= 15 is 0 Å². The second-order valence-electron chi connectivity index (χ2n) is 8.67. The van der Waals surface area contributed by atoms with Crippen molar-refractivity contribution in [2.45, 2.75) is 51.8 Å². The molecule has 0 saturated heterocycles. The molecule has 0 bridgehead atoms. The summed E-state index contributed by atoms with van der Waals surface area (Å²) in [6, 6.07) is 12.7. The van der Waals surface area contributed by atoms with Crippen molar-refractivity contribution in [2.75, 3.05) is 5.32 Å². The quantitative estimate of drug-likeness (QED) is 0.564. The van der Waals surface area contributed by atoms with Crippen LogP contribution in [0.15, 0.2) is 52.4 Å². The molecule has 33 heavy (non-hydrogen) atoms. The van der Waals surface area contributed by atoms with Crippen molar-refractivity contribution < 1.29 is 9.59 Å². The number of thioether (sulfide) groups is 1. The van der Waals surface area contributed by atoms with Crippen molar-refractivity contribution in [3.05, 3.63) is 58.6 Å². The molecule has 1 N–H and O–H groups in total. The monoisotopic (exact) mass is 482 g/mol. The molecule has 0 aromatic heterocycles. The molecule has 2 atom stereocenters. The number of fused-ring (bicyclic) bond motifs is 3. The van der Waals surface area contributed by atoms with Gasteiger partial charge in [0.1, 0.15) is 11.9 Å². The number of amidine groups is 2. The highest BCUT2D eigenvalue weighted by molar-refractivity contribution is 8.15. The van der Waals surface area contributed by atoms with E-state index in [1.807, 2.05) is 55.1 Å². The molecule has 2 aliphatic rings. The van der Waals surface area contributed by atoms with E-state index in [2.05, 4.69) is 24.2 Å². The van der Waals surface area contributed by atoms with Gasteiger partial charge in [0.2, 0.25) is 5.91 Å². The van der Waals surface area contributed by atoms with Crippen LogP contribution in [0, 0.1) is 12.8 Å². The SMILES string of the molecule is CCC(SC1=Nc2ccccc2C2=NC(=O)C(CC(C)C)N12)C(=O)Nc1ccc(C)c(Cl)c1. The van der Waals surface area contributed by atoms with Crippen LogP contribution in [-0.4, -0.2) is 39.0 Å². The summed E-state index contributed by atoms with van der Waals surface area (Å²) < 4.78 is 0. The zero-order valence-corrected chi connectivity index (χ0v) is 20.7. The third-order valence-electron chi connectivity index (χ3n) is 5.65. The number of nitrogens with one attached hydrogen (secondary N) is 1. The summed E-state index contributed by atoms with van der Waals surface area (Å²) in [6.45, 7) is 8.05. The van der Waals surface area contributed by atoms with Crippen molar-refractivity contribution in [3.63, 3.8) is 0 Å². The van der Waals surface area contributed by atoms with E-state index in [0.29, 0.717) is 40.5 Å². The number of nitrogens with zero attached hydrogens (tertiary/aromatic N) is 3. The van der Waals surface area contributed by atoms with Crippen LogP contribution >= 0.6 is 23.4 Å². The van der Waals surface area contributed by atoms with E-state index in [0.717, 1.165) is 16.8 Å². The maximum absolute atomic E-state index is 13.1. The Balaban J connectivity index is 1.63. The number of benzene rings is 2. The Bertz CT molecular complexity index is 1160. The van der Waals surface area contributed by atoms with Gasteiger partial charge in [-0.15, -0.1) is 0 Å². The van der Waals surface area contributed by atoms with E-state index < -0.39 is 11.3 Å². The minimum Gasteiger partial charge on any atom is -0.325 e. The topological polar surface area (TPSA) is 74.1 Å². The van der Waals surface area contributed by atoms with E-state index in [-0.39, 0.29) is 11.8 Å². The van der Waals surface area contributed by atoms with E-state index in [9.17, 15) is 9.59 Å². The molecule has 2 aromatic rings. The summed E-state index contributed by atoms with van der Waals surface area (Å²) in [7, 11) is 0. The number of para-hydroxylation sites is 1. The Morgan fingerprint density at radius 3 is 2.67 bits per heavy atom. The van der Waals surface area contributed by atoms with Crippen LogP contribution in [0.5, 0.6) is 0 Å². The minimum atomic E-state index is -0.406. The summed E-state index contributed by atoms with van der Waals surface area (Å²) in [5.74, 6) is 0.650. The van der Waals surface area contributed by atoms with Crippen LogP contribution < -0.4 is 5.32 Å². The van der Waals surface area contributed by atoms with Gasteiger partial charge in [-0.3, -0.25) is 14.5 Å². The minimum absolute atomic E-state index is 0.131. The Morgan fingerprint density at radius 2 is 1.97 bits per heavy atom. The second kappa shape index (κ2) is 9.69. The number of anilines is 1. The molecule has 2 unspecified atom stereocenters. The van der Waals surface area contributed by atoms with Gasteiger partial charge in [-0.1, -0.05) is 62.3 Å². The summed E-state index contributed by atoms with van der Waals surface area (Å²) >= 11 is 7.59. The first-order valence-electron chi connectivity index (χ1n) is 11.1. The van der Waals surface area contributed by atoms with Crippen molar-refractivity contribution in [2.24, 2.45) is 15.9 Å². The van der Waals surface area contributed by atoms with Crippen LogP contribution in [0.2, 0.25) is 5.02 Å². The van der Waals surface area contributed by atoms with Crippen LogP contribution in [0.3, 0.4) is 0 Å². The Labute approximate surface area is 203 Å². The molecule has 172 valence electrons. The van der Waals surface area contributed by atoms with Crippen molar-refractivity contribution >= 4 is 57.6 Å². The molecular weight excluding hydrogens is 456 g/mol. The first kappa shape index (κ1) is 23.5. The number of aliphatic imine (C=N–C) groups is 2. The largest absolute Gasteiger partial charge is 0.325 e. The number of aryl methyl sites for hydroxylation is 1. The van der Waals surface area contributed by atoms with E-state index in [1.54, 1.807) is 6.07 Å². The average Bonchev–Trinajstić information content (AvgIpc) is 3.10. The average molecular weight is 483 g/mol. The number of rotatable bonds is 6. The molecule has 2 aromatic carbocycles. The third kappa shape index (κ3) is 4.84. The fourth-order valence-electron chi connectivity index (χ4n) is 3.90. The highest BCUT2D eigenvalue weighted by Crippen LogP contribution is 2.37. The summed E-state index contributed by atoms with van der Waals surface area (Å²) in [6.07, 6.45) is 1.26. The zero-order chi connectivity index (χ0) is 23.7. The van der Waals surface area contributed by atoms with Crippen LogP contribution in [-0.2, 0) is 9.59 Å². The predicted molar refractivity (Wildman–Crippen MR) is 137 cm³/mol. The van der Waals surface area contributed by atoms with Gasteiger partial charge < -0.3 is 5.32 Å². The van der Waals surface area contributed by atoms with Gasteiger partial charge in [0.05, 0.1) is 10.9 Å². The smallest absolute Gasteiger partial charge is 0.270 e. The lowest BCUT2D eigenvalue weighted by molar-refractivity contribution is -0.120. The summed E-state index contributed by atoms with van der Waals surface area (Å²) in [4.78, 5) is 37.1. The number of carbonyl (C=O) groups is 2.